The van der Waals surface area contributed by atoms with E-state index in [2.05, 4.69) is 14.9 Å². The maximum atomic E-state index is 12.1. The van der Waals surface area contributed by atoms with Gasteiger partial charge in [0.05, 0.1) is 18.6 Å². The Labute approximate surface area is 122 Å². The van der Waals surface area contributed by atoms with Gasteiger partial charge in [-0.1, -0.05) is 0 Å². The Bertz CT molecular complexity index is 563. The van der Waals surface area contributed by atoms with Gasteiger partial charge in [0.15, 0.2) is 0 Å². The zero-order chi connectivity index (χ0) is 15.4. The van der Waals surface area contributed by atoms with Gasteiger partial charge in [-0.05, 0) is 14.0 Å². The van der Waals surface area contributed by atoms with Gasteiger partial charge in [0.25, 0.3) is 5.56 Å². The molecular formula is C13H21N5O3. The van der Waals surface area contributed by atoms with E-state index < -0.39 is 5.97 Å². The number of nitrogens with one attached hydrogen (secondary N) is 1. The lowest BCUT2D eigenvalue weighted by Gasteiger charge is -2.32. The average molecular weight is 295 g/mol. The first kappa shape index (κ1) is 15.3. The summed E-state index contributed by atoms with van der Waals surface area (Å²) in [6.45, 7) is 5.32. The summed E-state index contributed by atoms with van der Waals surface area (Å²) in [5.41, 5.74) is 5.60. The number of H-pyrrole nitrogens is 1. The fourth-order valence-corrected chi connectivity index (χ4v) is 2.20. The number of aromatic nitrogens is 2. The molecule has 3 N–H and O–H groups in total. The highest BCUT2D eigenvalue weighted by atomic mass is 16.5. The number of esters is 1. The van der Waals surface area contributed by atoms with E-state index in [9.17, 15) is 9.59 Å². The van der Waals surface area contributed by atoms with E-state index >= 15 is 0 Å². The minimum atomic E-state index is -0.483. The van der Waals surface area contributed by atoms with Crippen molar-refractivity contribution >= 4 is 17.7 Å². The molecule has 1 aromatic heterocycles. The second kappa shape index (κ2) is 6.57. The molecule has 8 nitrogen and oxygen atoms in total. The van der Waals surface area contributed by atoms with Crippen molar-refractivity contribution in [1.29, 1.82) is 0 Å². The molecule has 0 radical (unpaired) electrons. The molecule has 116 valence electrons. The van der Waals surface area contributed by atoms with Gasteiger partial charge in [-0.3, -0.25) is 14.6 Å². The van der Waals surface area contributed by atoms with Crippen LogP contribution in [0.2, 0.25) is 0 Å². The second-order valence-corrected chi connectivity index (χ2v) is 5.03. The molecule has 1 fully saturated rings. The Kier molecular flexibility index (Phi) is 4.79. The molecule has 8 heteroatoms. The van der Waals surface area contributed by atoms with Crippen LogP contribution >= 0.6 is 0 Å². The number of anilines is 2. The van der Waals surface area contributed by atoms with Gasteiger partial charge in [-0.2, -0.15) is 4.98 Å². The fraction of sp³-hybridized carbons (Fsp3) is 0.615. The molecule has 1 saturated heterocycles. The molecule has 0 bridgehead atoms. The summed E-state index contributed by atoms with van der Waals surface area (Å²) in [6, 6.07) is 0. The van der Waals surface area contributed by atoms with Crippen molar-refractivity contribution in [3.63, 3.8) is 0 Å². The smallest absolute Gasteiger partial charge is 0.310 e. The van der Waals surface area contributed by atoms with E-state index in [1.54, 1.807) is 6.92 Å². The molecule has 0 unspecified atom stereocenters. The van der Waals surface area contributed by atoms with E-state index in [1.165, 1.54) is 0 Å². The molecule has 0 aromatic carbocycles. The molecule has 2 rings (SSSR count). The molecule has 0 amide bonds. The van der Waals surface area contributed by atoms with E-state index in [0.29, 0.717) is 5.95 Å². The van der Waals surface area contributed by atoms with Crippen molar-refractivity contribution in [1.82, 2.24) is 14.9 Å². The van der Waals surface area contributed by atoms with Crippen LogP contribution in [0, 0.1) is 0 Å². The summed E-state index contributed by atoms with van der Waals surface area (Å²) >= 11 is 0. The molecule has 1 aliphatic heterocycles. The van der Waals surface area contributed by atoms with Crippen LogP contribution < -0.4 is 16.2 Å². The van der Waals surface area contributed by atoms with Crippen molar-refractivity contribution in [3.05, 3.63) is 15.9 Å². The third-order valence-corrected chi connectivity index (χ3v) is 3.46. The number of aromatic amines is 1. The molecule has 0 aliphatic carbocycles. The zero-order valence-electron chi connectivity index (χ0n) is 12.4. The van der Waals surface area contributed by atoms with Crippen molar-refractivity contribution in [3.8, 4) is 0 Å². The normalized spacial score (nSPS) is 16.0. The first-order valence-corrected chi connectivity index (χ1v) is 6.99. The lowest BCUT2D eigenvalue weighted by Crippen LogP contribution is -2.45. The standard InChI is InChI=1S/C13H21N5O3/c1-3-21-10(19)8-9-11(14)15-13(16-12(9)20)18-6-4-17(2)5-7-18/h3-8H2,1-2H3,(H3,14,15,16,20). The lowest BCUT2D eigenvalue weighted by atomic mass is 10.2. The lowest BCUT2D eigenvalue weighted by molar-refractivity contribution is -0.142. The Morgan fingerprint density at radius 3 is 2.62 bits per heavy atom. The van der Waals surface area contributed by atoms with E-state index in [-0.39, 0.29) is 30.0 Å². The van der Waals surface area contributed by atoms with Gasteiger partial charge in [0, 0.05) is 26.2 Å². The SMILES string of the molecule is CCOC(=O)Cc1c(N)nc(N2CCN(C)CC2)[nH]c1=O. The summed E-state index contributed by atoms with van der Waals surface area (Å²) in [7, 11) is 2.05. The van der Waals surface area contributed by atoms with Crippen molar-refractivity contribution in [2.75, 3.05) is 50.5 Å². The van der Waals surface area contributed by atoms with E-state index in [4.69, 9.17) is 10.5 Å². The fourth-order valence-electron chi connectivity index (χ4n) is 2.20. The number of rotatable bonds is 4. The topological polar surface area (TPSA) is 105 Å². The monoisotopic (exact) mass is 295 g/mol. The number of nitrogens with zero attached hydrogens (tertiary/aromatic N) is 3. The molecule has 1 aliphatic rings. The maximum absolute atomic E-state index is 12.1. The molecule has 1 aromatic rings. The third-order valence-electron chi connectivity index (χ3n) is 3.46. The summed E-state index contributed by atoms with van der Waals surface area (Å²) in [6.07, 6.45) is -0.162. The van der Waals surface area contributed by atoms with Gasteiger partial charge in [0.2, 0.25) is 5.95 Å². The van der Waals surface area contributed by atoms with Crippen LogP contribution in [0.3, 0.4) is 0 Å². The highest BCUT2D eigenvalue weighted by Crippen LogP contribution is 2.13. The number of carbonyl (C=O) groups excluding carboxylic acids is 1. The Balaban J connectivity index is 2.17. The molecular weight excluding hydrogens is 274 g/mol. The Morgan fingerprint density at radius 1 is 1.38 bits per heavy atom. The summed E-state index contributed by atoms with van der Waals surface area (Å²) < 4.78 is 4.82. The van der Waals surface area contributed by atoms with Gasteiger partial charge in [-0.25, -0.2) is 0 Å². The average Bonchev–Trinajstić information content (AvgIpc) is 2.44. The minimum absolute atomic E-state index is 0.0840. The second-order valence-electron chi connectivity index (χ2n) is 5.03. The van der Waals surface area contributed by atoms with E-state index in [1.807, 2.05) is 11.9 Å². The summed E-state index contributed by atoms with van der Waals surface area (Å²) in [5, 5.41) is 0. The quantitative estimate of drug-likeness (QED) is 0.701. The van der Waals surface area contributed by atoms with Crippen LogP contribution in [0.4, 0.5) is 11.8 Å². The van der Waals surface area contributed by atoms with E-state index in [0.717, 1.165) is 26.2 Å². The highest BCUT2D eigenvalue weighted by Gasteiger charge is 2.19. The van der Waals surface area contributed by atoms with Crippen molar-refractivity contribution in [2.45, 2.75) is 13.3 Å². The van der Waals surface area contributed by atoms with Crippen LogP contribution in [-0.4, -0.2) is 60.7 Å². The number of carbonyl (C=O) groups is 1. The van der Waals surface area contributed by atoms with Crippen LogP contribution in [-0.2, 0) is 16.0 Å². The predicted octanol–water partition coefficient (Wildman–Crippen LogP) is -0.790. The number of nitrogens with two attached hydrogens (primary N) is 1. The minimum Gasteiger partial charge on any atom is -0.466 e. The largest absolute Gasteiger partial charge is 0.466 e. The Morgan fingerprint density at radius 2 is 2.05 bits per heavy atom. The summed E-state index contributed by atoms with van der Waals surface area (Å²) in [5.74, 6) is 0.0581. The first-order valence-electron chi connectivity index (χ1n) is 6.99. The molecule has 0 atom stereocenters. The van der Waals surface area contributed by atoms with Crippen LogP contribution in [0.25, 0.3) is 0 Å². The van der Waals surface area contributed by atoms with Gasteiger partial charge < -0.3 is 20.3 Å². The maximum Gasteiger partial charge on any atom is 0.310 e. The highest BCUT2D eigenvalue weighted by molar-refractivity contribution is 5.74. The predicted molar refractivity (Wildman–Crippen MR) is 79.3 cm³/mol. The van der Waals surface area contributed by atoms with Crippen LogP contribution in [0.5, 0.6) is 0 Å². The molecule has 2 heterocycles. The number of piperazine rings is 1. The zero-order valence-corrected chi connectivity index (χ0v) is 12.4. The van der Waals surface area contributed by atoms with Crippen LogP contribution in [0.1, 0.15) is 12.5 Å². The van der Waals surface area contributed by atoms with Crippen molar-refractivity contribution in [2.24, 2.45) is 0 Å². The molecule has 21 heavy (non-hydrogen) atoms. The number of hydrogen-bond acceptors (Lipinski definition) is 7. The number of likely N-dealkylation sites (N-methyl/N-ethyl adjacent to an activating group) is 1. The number of hydrogen-bond donors (Lipinski definition) is 2. The van der Waals surface area contributed by atoms with Gasteiger partial charge in [-0.15, -0.1) is 0 Å². The van der Waals surface area contributed by atoms with Gasteiger partial charge in [0.1, 0.15) is 5.82 Å². The summed E-state index contributed by atoms with van der Waals surface area (Å²) in [4.78, 5) is 34.7. The number of ether oxygens (including phenoxy) is 1. The first-order chi connectivity index (χ1) is 10.0. The van der Waals surface area contributed by atoms with Crippen molar-refractivity contribution < 1.29 is 9.53 Å². The van der Waals surface area contributed by atoms with Crippen LogP contribution in [0.15, 0.2) is 4.79 Å². The molecule has 0 saturated carbocycles. The number of nitrogen functional groups attached to an aromatic ring is 1. The Hall–Kier alpha value is -2.09. The van der Waals surface area contributed by atoms with Gasteiger partial charge >= 0.3 is 5.97 Å². The third kappa shape index (κ3) is 3.72. The molecule has 0 spiro atoms.